The molecule has 1 aliphatic rings. The smallest absolute Gasteiger partial charge is 0.286 e. The third-order valence-corrected chi connectivity index (χ3v) is 7.97. The first kappa shape index (κ1) is 23.6. The summed E-state index contributed by atoms with van der Waals surface area (Å²) in [6.45, 7) is 2.55. The SMILES string of the molecule is Cc1c(C(=O)NN2CCS(O)(O)CC2)nn(-c2ccc(Cl)cc2Cl)c1-c1ccc(Br)cc1. The van der Waals surface area contributed by atoms with Crippen molar-refractivity contribution in [3.63, 3.8) is 0 Å². The van der Waals surface area contributed by atoms with Gasteiger partial charge in [-0.2, -0.15) is 15.7 Å². The quantitative estimate of drug-likeness (QED) is 0.385. The largest absolute Gasteiger partial charge is 0.299 e. The summed E-state index contributed by atoms with van der Waals surface area (Å²) in [5.41, 5.74) is 5.99. The van der Waals surface area contributed by atoms with Crippen LogP contribution in [0.15, 0.2) is 46.9 Å². The number of amides is 1. The Morgan fingerprint density at radius 2 is 1.78 bits per heavy atom. The van der Waals surface area contributed by atoms with Crippen LogP contribution in [0.1, 0.15) is 16.1 Å². The molecule has 0 radical (unpaired) electrons. The van der Waals surface area contributed by atoms with Gasteiger partial charge in [0.1, 0.15) is 0 Å². The van der Waals surface area contributed by atoms with Crippen LogP contribution in [0.25, 0.3) is 16.9 Å². The third-order valence-electron chi connectivity index (χ3n) is 5.23. The maximum Gasteiger partial charge on any atom is 0.286 e. The first-order valence-electron chi connectivity index (χ1n) is 9.75. The lowest BCUT2D eigenvalue weighted by molar-refractivity contribution is 0.0792. The van der Waals surface area contributed by atoms with Gasteiger partial charge in [0, 0.05) is 33.7 Å². The summed E-state index contributed by atoms with van der Waals surface area (Å²) in [5, 5.41) is 7.21. The van der Waals surface area contributed by atoms with Crippen molar-refractivity contribution in [2.45, 2.75) is 6.92 Å². The molecule has 1 saturated heterocycles. The molecule has 1 fully saturated rings. The maximum atomic E-state index is 13.1. The molecule has 3 N–H and O–H groups in total. The molecule has 2 heterocycles. The van der Waals surface area contributed by atoms with Crippen LogP contribution in [0.5, 0.6) is 0 Å². The lowest BCUT2D eigenvalue weighted by Gasteiger charge is -2.40. The number of hydrogen-bond acceptors (Lipinski definition) is 5. The number of aromatic nitrogens is 2. The number of carbonyl (C=O) groups excluding carboxylic acids is 1. The lowest BCUT2D eigenvalue weighted by Crippen LogP contribution is -2.49. The summed E-state index contributed by atoms with van der Waals surface area (Å²) in [5.74, 6) is 0.0827. The zero-order valence-electron chi connectivity index (χ0n) is 17.1. The number of hydrazine groups is 1. The van der Waals surface area contributed by atoms with Crippen LogP contribution < -0.4 is 5.43 Å². The fraction of sp³-hybridized carbons (Fsp3) is 0.238. The predicted octanol–water partition coefficient (Wildman–Crippen LogP) is 5.63. The van der Waals surface area contributed by atoms with Crippen LogP contribution >= 0.6 is 49.7 Å². The first-order valence-corrected chi connectivity index (χ1v) is 13.2. The highest BCUT2D eigenvalue weighted by Crippen LogP contribution is 2.40. The van der Waals surface area contributed by atoms with Gasteiger partial charge in [-0.3, -0.25) is 19.3 Å². The van der Waals surface area contributed by atoms with Crippen molar-refractivity contribution in [1.29, 1.82) is 0 Å². The molecule has 1 aliphatic heterocycles. The monoisotopic (exact) mass is 558 g/mol. The van der Waals surface area contributed by atoms with E-state index in [0.717, 1.165) is 15.7 Å². The highest BCUT2D eigenvalue weighted by atomic mass is 79.9. The predicted molar refractivity (Wildman–Crippen MR) is 133 cm³/mol. The molecule has 11 heteroatoms. The molecule has 170 valence electrons. The van der Waals surface area contributed by atoms with Crippen LogP contribution in [0, 0.1) is 6.92 Å². The summed E-state index contributed by atoms with van der Waals surface area (Å²) in [6, 6.07) is 12.8. The zero-order valence-corrected chi connectivity index (χ0v) is 21.0. The number of rotatable bonds is 4. The average molecular weight is 560 g/mol. The van der Waals surface area contributed by atoms with Gasteiger partial charge in [0.15, 0.2) is 5.69 Å². The highest BCUT2D eigenvalue weighted by Gasteiger charge is 2.27. The van der Waals surface area contributed by atoms with E-state index in [1.54, 1.807) is 27.9 Å². The van der Waals surface area contributed by atoms with Crippen molar-refractivity contribution < 1.29 is 13.9 Å². The second-order valence-electron chi connectivity index (χ2n) is 7.48. The van der Waals surface area contributed by atoms with E-state index in [-0.39, 0.29) is 23.1 Å². The van der Waals surface area contributed by atoms with Gasteiger partial charge < -0.3 is 0 Å². The summed E-state index contributed by atoms with van der Waals surface area (Å²) in [6.07, 6.45) is 0. The van der Waals surface area contributed by atoms with Crippen molar-refractivity contribution >= 4 is 55.6 Å². The number of carbonyl (C=O) groups is 1. The molecule has 4 rings (SSSR count). The molecular formula is C21H21BrCl2N4O3S. The van der Waals surface area contributed by atoms with Gasteiger partial charge in [-0.15, -0.1) is 0 Å². The molecule has 0 aliphatic carbocycles. The van der Waals surface area contributed by atoms with Crippen molar-refractivity contribution in [3.8, 4) is 16.9 Å². The van der Waals surface area contributed by atoms with Gasteiger partial charge >= 0.3 is 0 Å². The van der Waals surface area contributed by atoms with Gasteiger partial charge in [-0.05, 0) is 37.3 Å². The molecule has 1 amide bonds. The van der Waals surface area contributed by atoms with Crippen molar-refractivity contribution in [3.05, 3.63) is 68.2 Å². The topological polar surface area (TPSA) is 90.6 Å². The molecule has 0 spiro atoms. The standard InChI is InChI=1S/C21H21BrCl2N4O3S/c1-13-19(21(29)26-27-8-10-32(30,31)11-9-27)25-28(18-7-6-16(23)12-17(18)24)20(13)14-2-4-15(22)5-3-14/h2-7,12,30-31H,8-11H2,1H3,(H,26,29). The Morgan fingerprint density at radius 3 is 2.41 bits per heavy atom. The van der Waals surface area contributed by atoms with Crippen LogP contribution in [0.3, 0.4) is 0 Å². The van der Waals surface area contributed by atoms with Crippen molar-refractivity contribution in [1.82, 2.24) is 20.2 Å². The van der Waals surface area contributed by atoms with Gasteiger partial charge in [-0.1, -0.05) is 51.3 Å². The highest BCUT2D eigenvalue weighted by molar-refractivity contribution is 9.10. The number of nitrogens with one attached hydrogen (secondary N) is 1. The molecule has 1 aromatic heterocycles. The summed E-state index contributed by atoms with van der Waals surface area (Å²) in [7, 11) is -2.55. The van der Waals surface area contributed by atoms with Gasteiger partial charge in [0.05, 0.1) is 27.9 Å². The summed E-state index contributed by atoms with van der Waals surface area (Å²) < 4.78 is 22.2. The number of halogens is 3. The van der Waals surface area contributed by atoms with Gasteiger partial charge in [0.25, 0.3) is 5.91 Å². The molecule has 0 saturated carbocycles. The Bertz CT molecular complexity index is 1160. The Kier molecular flexibility index (Phi) is 6.88. The van der Waals surface area contributed by atoms with E-state index in [9.17, 15) is 13.9 Å². The number of nitrogens with zero attached hydrogens (tertiary/aromatic N) is 3. The van der Waals surface area contributed by atoms with Crippen molar-refractivity contribution in [2.24, 2.45) is 0 Å². The normalized spacial score (nSPS) is 17.2. The molecule has 0 unspecified atom stereocenters. The second kappa shape index (κ2) is 9.34. The Hall–Kier alpha value is -1.59. The van der Waals surface area contributed by atoms with Crippen LogP contribution in [0.4, 0.5) is 0 Å². The lowest BCUT2D eigenvalue weighted by atomic mass is 10.1. The molecular weight excluding hydrogens is 539 g/mol. The second-order valence-corrected chi connectivity index (χ2v) is 11.7. The number of benzene rings is 2. The maximum absolute atomic E-state index is 13.1. The molecule has 2 aromatic carbocycles. The van der Waals surface area contributed by atoms with Crippen molar-refractivity contribution in [2.75, 3.05) is 24.6 Å². The van der Waals surface area contributed by atoms with E-state index in [1.165, 1.54) is 0 Å². The van der Waals surface area contributed by atoms with E-state index >= 15 is 0 Å². The Morgan fingerprint density at radius 1 is 1.12 bits per heavy atom. The van der Waals surface area contributed by atoms with E-state index < -0.39 is 10.6 Å². The van der Waals surface area contributed by atoms with E-state index in [2.05, 4.69) is 26.5 Å². The minimum Gasteiger partial charge on any atom is -0.299 e. The zero-order chi connectivity index (χ0) is 23.0. The van der Waals surface area contributed by atoms with Crippen LogP contribution in [-0.4, -0.2) is 54.4 Å². The van der Waals surface area contributed by atoms with Crippen LogP contribution in [0.2, 0.25) is 10.0 Å². The molecule has 0 bridgehead atoms. The minimum atomic E-state index is -2.55. The molecule has 3 aromatic rings. The number of hydrogen-bond donors (Lipinski definition) is 3. The minimum absolute atomic E-state index is 0.227. The molecule has 7 nitrogen and oxygen atoms in total. The molecule has 32 heavy (non-hydrogen) atoms. The van der Waals surface area contributed by atoms with Crippen LogP contribution in [-0.2, 0) is 0 Å². The third kappa shape index (κ3) is 4.99. The molecule has 0 atom stereocenters. The average Bonchev–Trinajstić information content (AvgIpc) is 3.07. The van der Waals surface area contributed by atoms with Gasteiger partial charge in [0.2, 0.25) is 0 Å². The summed E-state index contributed by atoms with van der Waals surface area (Å²) in [4.78, 5) is 13.1. The Balaban J connectivity index is 1.74. The fourth-order valence-electron chi connectivity index (χ4n) is 3.52. The van der Waals surface area contributed by atoms with Gasteiger partial charge in [-0.25, -0.2) is 9.69 Å². The summed E-state index contributed by atoms with van der Waals surface area (Å²) >= 11 is 16.0. The van der Waals surface area contributed by atoms with E-state index in [0.29, 0.717) is 34.4 Å². The van der Waals surface area contributed by atoms with E-state index in [1.807, 2.05) is 31.2 Å². The Labute approximate surface area is 205 Å². The first-order chi connectivity index (χ1) is 15.1. The fourth-order valence-corrected chi connectivity index (χ4v) is 5.50. The van der Waals surface area contributed by atoms with E-state index in [4.69, 9.17) is 23.2 Å².